The minimum Gasteiger partial charge on any atom is -0.321 e. The summed E-state index contributed by atoms with van der Waals surface area (Å²) < 4.78 is 0.716. The van der Waals surface area contributed by atoms with Crippen LogP contribution in [0, 0.1) is 17.0 Å². The Hall–Kier alpha value is -1.92. The Morgan fingerprint density at radius 2 is 1.95 bits per heavy atom. The van der Waals surface area contributed by atoms with E-state index in [4.69, 9.17) is 11.6 Å². The zero-order chi connectivity index (χ0) is 15.6. The predicted octanol–water partition coefficient (Wildman–Crippen LogP) is 4.57. The van der Waals surface area contributed by atoms with Crippen LogP contribution < -0.4 is 5.32 Å². The van der Waals surface area contributed by atoms with E-state index in [1.807, 2.05) is 13.0 Å². The van der Waals surface area contributed by atoms with Crippen LogP contribution in [0.2, 0.25) is 5.02 Å². The van der Waals surface area contributed by atoms with E-state index < -0.39 is 10.8 Å². The Balaban J connectivity index is 2.42. The van der Waals surface area contributed by atoms with Crippen molar-refractivity contribution < 1.29 is 9.72 Å². The molecule has 2 aromatic carbocycles. The average molecular weight is 370 g/mol. The molecule has 7 heteroatoms. The molecule has 0 spiro atoms. The minimum absolute atomic E-state index is 0.0328. The maximum Gasteiger partial charge on any atom is 0.283 e. The summed E-state index contributed by atoms with van der Waals surface area (Å²) in [7, 11) is 0. The van der Waals surface area contributed by atoms with Crippen molar-refractivity contribution >= 4 is 44.8 Å². The number of nitrogens with zero attached hydrogens (tertiary/aromatic N) is 1. The molecule has 0 heterocycles. The summed E-state index contributed by atoms with van der Waals surface area (Å²) in [5.74, 6) is -0.626. The summed E-state index contributed by atoms with van der Waals surface area (Å²) in [6.07, 6.45) is 0. The van der Waals surface area contributed by atoms with E-state index in [0.29, 0.717) is 10.2 Å². The Morgan fingerprint density at radius 3 is 2.62 bits per heavy atom. The second kappa shape index (κ2) is 6.24. The second-order valence-corrected chi connectivity index (χ2v) is 5.48. The zero-order valence-corrected chi connectivity index (χ0v) is 13.2. The second-order valence-electron chi connectivity index (χ2n) is 4.28. The van der Waals surface area contributed by atoms with Crippen LogP contribution in [-0.2, 0) is 0 Å². The van der Waals surface area contributed by atoms with Gasteiger partial charge in [0.1, 0.15) is 5.56 Å². The highest BCUT2D eigenvalue weighted by Crippen LogP contribution is 2.30. The number of amides is 1. The third kappa shape index (κ3) is 3.22. The Bertz CT molecular complexity index is 734. The molecule has 0 aliphatic carbocycles. The van der Waals surface area contributed by atoms with Crippen molar-refractivity contribution in [1.29, 1.82) is 0 Å². The molecule has 108 valence electrons. The van der Waals surface area contributed by atoms with E-state index in [9.17, 15) is 14.9 Å². The van der Waals surface area contributed by atoms with Gasteiger partial charge in [-0.2, -0.15) is 0 Å². The monoisotopic (exact) mass is 368 g/mol. The molecule has 2 aromatic rings. The fourth-order valence-electron chi connectivity index (χ4n) is 1.82. The molecule has 0 saturated carbocycles. The summed E-state index contributed by atoms with van der Waals surface area (Å²) in [5.41, 5.74) is 0.969. The number of hydrogen-bond donors (Lipinski definition) is 1. The van der Waals surface area contributed by atoms with Gasteiger partial charge in [-0.1, -0.05) is 29.8 Å². The largest absolute Gasteiger partial charge is 0.321 e. The molecule has 0 unspecified atom stereocenters. The standard InChI is InChI=1S/C14H10BrClN2O3/c1-8-4-2-6-10(13(8)15)17-14(19)12-9(16)5-3-7-11(12)18(20)21/h2-7H,1H3,(H,17,19). The first-order valence-electron chi connectivity index (χ1n) is 5.91. The van der Waals surface area contributed by atoms with Gasteiger partial charge in [-0.25, -0.2) is 0 Å². The number of anilines is 1. The molecule has 0 saturated heterocycles. The highest BCUT2D eigenvalue weighted by molar-refractivity contribution is 9.10. The first-order chi connectivity index (χ1) is 9.91. The molecule has 0 aromatic heterocycles. The molecule has 0 fully saturated rings. The number of aryl methyl sites for hydroxylation is 1. The summed E-state index contributed by atoms with van der Waals surface area (Å²) in [6, 6.07) is 9.45. The Labute approximate surface area is 134 Å². The molecule has 0 aliphatic heterocycles. The number of benzene rings is 2. The first-order valence-corrected chi connectivity index (χ1v) is 7.08. The third-order valence-corrected chi connectivity index (χ3v) is 4.22. The van der Waals surface area contributed by atoms with Crippen LogP contribution in [0.5, 0.6) is 0 Å². The van der Waals surface area contributed by atoms with Crippen molar-refractivity contribution in [2.75, 3.05) is 5.32 Å². The van der Waals surface area contributed by atoms with Crippen molar-refractivity contribution in [3.05, 3.63) is 67.1 Å². The van der Waals surface area contributed by atoms with Gasteiger partial charge in [0, 0.05) is 10.5 Å². The quantitative estimate of drug-likeness (QED) is 0.636. The van der Waals surface area contributed by atoms with Crippen molar-refractivity contribution in [3.63, 3.8) is 0 Å². The molecule has 0 aliphatic rings. The summed E-state index contributed by atoms with van der Waals surface area (Å²) in [4.78, 5) is 22.7. The number of rotatable bonds is 3. The van der Waals surface area contributed by atoms with E-state index in [-0.39, 0.29) is 16.3 Å². The van der Waals surface area contributed by atoms with Crippen LogP contribution in [0.3, 0.4) is 0 Å². The molecule has 2 rings (SSSR count). The van der Waals surface area contributed by atoms with Gasteiger partial charge in [0.15, 0.2) is 0 Å². The minimum atomic E-state index is -0.633. The van der Waals surface area contributed by atoms with Gasteiger partial charge in [-0.05, 0) is 40.5 Å². The average Bonchev–Trinajstić information content (AvgIpc) is 2.43. The summed E-state index contributed by atoms with van der Waals surface area (Å²) in [5, 5.41) is 13.7. The fourth-order valence-corrected chi connectivity index (χ4v) is 2.44. The lowest BCUT2D eigenvalue weighted by molar-refractivity contribution is -0.385. The molecule has 1 amide bonds. The van der Waals surface area contributed by atoms with Gasteiger partial charge in [0.25, 0.3) is 11.6 Å². The number of nitrogens with one attached hydrogen (secondary N) is 1. The maximum absolute atomic E-state index is 12.3. The molecular formula is C14H10BrClN2O3. The van der Waals surface area contributed by atoms with Gasteiger partial charge >= 0.3 is 0 Å². The molecule has 1 N–H and O–H groups in total. The SMILES string of the molecule is Cc1cccc(NC(=O)c2c(Cl)cccc2[N+](=O)[O-])c1Br. The van der Waals surface area contributed by atoms with E-state index in [0.717, 1.165) is 5.56 Å². The smallest absolute Gasteiger partial charge is 0.283 e. The van der Waals surface area contributed by atoms with Gasteiger partial charge in [-0.3, -0.25) is 14.9 Å². The predicted molar refractivity (Wildman–Crippen MR) is 84.9 cm³/mol. The van der Waals surface area contributed by atoms with Crippen LogP contribution in [0.15, 0.2) is 40.9 Å². The normalized spacial score (nSPS) is 10.2. The van der Waals surface area contributed by atoms with Gasteiger partial charge < -0.3 is 5.32 Å². The topological polar surface area (TPSA) is 72.2 Å². The third-order valence-electron chi connectivity index (χ3n) is 2.86. The maximum atomic E-state index is 12.3. The molecule has 0 atom stereocenters. The molecular weight excluding hydrogens is 360 g/mol. The molecule has 0 radical (unpaired) electrons. The van der Waals surface area contributed by atoms with Gasteiger partial charge in [-0.15, -0.1) is 0 Å². The number of nitro groups is 1. The number of nitro benzene ring substituents is 1. The lowest BCUT2D eigenvalue weighted by Crippen LogP contribution is -2.15. The van der Waals surface area contributed by atoms with E-state index in [1.54, 1.807) is 12.1 Å². The number of halogens is 2. The lowest BCUT2D eigenvalue weighted by Gasteiger charge is -2.10. The van der Waals surface area contributed by atoms with Crippen LogP contribution in [0.1, 0.15) is 15.9 Å². The van der Waals surface area contributed by atoms with E-state index in [1.165, 1.54) is 18.2 Å². The van der Waals surface area contributed by atoms with Gasteiger partial charge in [0.2, 0.25) is 0 Å². The zero-order valence-electron chi connectivity index (χ0n) is 10.9. The Kier molecular flexibility index (Phi) is 4.59. The van der Waals surface area contributed by atoms with Crippen LogP contribution in [0.25, 0.3) is 0 Å². The highest BCUT2D eigenvalue weighted by Gasteiger charge is 2.23. The van der Waals surface area contributed by atoms with E-state index >= 15 is 0 Å². The molecule has 21 heavy (non-hydrogen) atoms. The van der Waals surface area contributed by atoms with Crippen LogP contribution in [-0.4, -0.2) is 10.8 Å². The highest BCUT2D eigenvalue weighted by atomic mass is 79.9. The summed E-state index contributed by atoms with van der Waals surface area (Å²) >= 11 is 9.29. The van der Waals surface area contributed by atoms with Crippen molar-refractivity contribution in [3.8, 4) is 0 Å². The van der Waals surface area contributed by atoms with Crippen molar-refractivity contribution in [1.82, 2.24) is 0 Å². The van der Waals surface area contributed by atoms with Crippen molar-refractivity contribution in [2.24, 2.45) is 0 Å². The first kappa shape index (κ1) is 15.5. The van der Waals surface area contributed by atoms with Crippen molar-refractivity contribution in [2.45, 2.75) is 6.92 Å². The fraction of sp³-hybridized carbons (Fsp3) is 0.0714. The molecule has 5 nitrogen and oxygen atoms in total. The number of hydrogen-bond acceptors (Lipinski definition) is 3. The number of carbonyl (C=O) groups excluding carboxylic acids is 1. The Morgan fingerprint density at radius 1 is 1.29 bits per heavy atom. The summed E-state index contributed by atoms with van der Waals surface area (Å²) in [6.45, 7) is 1.87. The van der Waals surface area contributed by atoms with Crippen LogP contribution >= 0.6 is 27.5 Å². The molecule has 0 bridgehead atoms. The van der Waals surface area contributed by atoms with Gasteiger partial charge in [0.05, 0.1) is 15.6 Å². The number of carbonyl (C=O) groups is 1. The van der Waals surface area contributed by atoms with Crippen LogP contribution in [0.4, 0.5) is 11.4 Å². The lowest BCUT2D eigenvalue weighted by atomic mass is 10.1. The van der Waals surface area contributed by atoms with E-state index in [2.05, 4.69) is 21.2 Å².